The maximum absolute atomic E-state index is 12.3. The molecule has 0 atom stereocenters. The van der Waals surface area contributed by atoms with Crippen molar-refractivity contribution in [1.29, 1.82) is 0 Å². The summed E-state index contributed by atoms with van der Waals surface area (Å²) >= 11 is 3.35. The number of fused-ring (bicyclic) bond motifs is 1. The number of rotatable bonds is 3. The summed E-state index contributed by atoms with van der Waals surface area (Å²) in [5.74, 6) is -0.0799. The van der Waals surface area contributed by atoms with Crippen LogP contribution in [-0.4, -0.2) is 21.0 Å². The molecule has 0 aliphatic rings. The van der Waals surface area contributed by atoms with Gasteiger partial charge in [0, 0.05) is 23.0 Å². The summed E-state index contributed by atoms with van der Waals surface area (Å²) in [4.78, 5) is 28.4. The number of hydrogen-bond donors (Lipinski definition) is 1. The Labute approximate surface area is 131 Å². The van der Waals surface area contributed by atoms with E-state index in [2.05, 4.69) is 26.2 Å². The van der Waals surface area contributed by atoms with E-state index < -0.39 is 0 Å². The Morgan fingerprint density at radius 3 is 2.76 bits per heavy atom. The molecule has 0 bridgehead atoms. The maximum Gasteiger partial charge on any atom is 0.261 e. The Hall–Kier alpha value is -1.69. The monoisotopic (exact) mass is 351 g/mol. The molecular weight excluding hydrogens is 334 g/mol. The highest BCUT2D eigenvalue weighted by Gasteiger charge is 2.14. The highest BCUT2D eigenvalue weighted by Crippen LogP contribution is 2.14. The molecule has 0 aliphatic heterocycles. The largest absolute Gasteiger partial charge is 0.351 e. The third kappa shape index (κ3) is 4.14. The fourth-order valence-electron chi connectivity index (χ4n) is 1.99. The van der Waals surface area contributed by atoms with E-state index in [-0.39, 0.29) is 23.4 Å². The van der Waals surface area contributed by atoms with E-state index in [0.29, 0.717) is 17.4 Å². The van der Waals surface area contributed by atoms with Gasteiger partial charge in [0.1, 0.15) is 0 Å². The van der Waals surface area contributed by atoms with Gasteiger partial charge in [-0.05, 0) is 39.0 Å². The maximum atomic E-state index is 12.3. The minimum Gasteiger partial charge on any atom is -0.351 e. The number of carbonyl (C=O) groups excluding carboxylic acids is 1. The fourth-order valence-corrected chi connectivity index (χ4v) is 2.35. The van der Waals surface area contributed by atoms with Crippen LogP contribution in [0, 0.1) is 0 Å². The summed E-state index contributed by atoms with van der Waals surface area (Å²) < 4.78 is 2.30. The van der Waals surface area contributed by atoms with E-state index in [0.717, 1.165) is 4.47 Å². The quantitative estimate of drug-likeness (QED) is 0.923. The van der Waals surface area contributed by atoms with Crippen LogP contribution in [0.25, 0.3) is 10.9 Å². The molecule has 112 valence electrons. The molecule has 1 heterocycles. The van der Waals surface area contributed by atoms with Gasteiger partial charge in [-0.2, -0.15) is 0 Å². The molecule has 1 aromatic heterocycles. The third-order valence-electron chi connectivity index (χ3n) is 2.88. The van der Waals surface area contributed by atoms with Gasteiger partial charge in [0.2, 0.25) is 5.91 Å². The van der Waals surface area contributed by atoms with E-state index in [9.17, 15) is 9.59 Å². The number of aromatic nitrogens is 2. The summed E-state index contributed by atoms with van der Waals surface area (Å²) in [5, 5.41) is 3.42. The zero-order chi connectivity index (χ0) is 15.6. The first kappa shape index (κ1) is 15.7. The second-order valence-electron chi connectivity index (χ2n) is 5.95. The predicted octanol–water partition coefficient (Wildman–Crippen LogP) is 2.46. The van der Waals surface area contributed by atoms with Gasteiger partial charge < -0.3 is 5.32 Å². The lowest BCUT2D eigenvalue weighted by molar-refractivity contribution is -0.122. The molecule has 2 rings (SSSR count). The van der Waals surface area contributed by atoms with Gasteiger partial charge in [0.05, 0.1) is 17.2 Å². The number of benzene rings is 1. The molecule has 21 heavy (non-hydrogen) atoms. The molecule has 0 saturated heterocycles. The van der Waals surface area contributed by atoms with Gasteiger partial charge in [-0.25, -0.2) is 4.98 Å². The molecule has 0 unspecified atom stereocenters. The summed E-state index contributed by atoms with van der Waals surface area (Å²) in [6.45, 7) is 6.08. The lowest BCUT2D eigenvalue weighted by atomic mass is 10.1. The van der Waals surface area contributed by atoms with Gasteiger partial charge in [-0.3, -0.25) is 14.2 Å². The Kier molecular flexibility index (Phi) is 4.46. The van der Waals surface area contributed by atoms with E-state index >= 15 is 0 Å². The Balaban J connectivity index is 2.18. The molecule has 0 radical (unpaired) electrons. The number of aryl methyl sites for hydroxylation is 1. The SMILES string of the molecule is CC(C)(C)NC(=O)CCn1cnc2ccc(Br)cc2c1=O. The van der Waals surface area contributed by atoms with Crippen molar-refractivity contribution in [3.8, 4) is 0 Å². The van der Waals surface area contributed by atoms with E-state index in [4.69, 9.17) is 0 Å². The van der Waals surface area contributed by atoms with Crippen molar-refractivity contribution in [3.63, 3.8) is 0 Å². The summed E-state index contributed by atoms with van der Waals surface area (Å²) in [5.41, 5.74) is 0.248. The van der Waals surface area contributed by atoms with Gasteiger partial charge in [-0.15, -0.1) is 0 Å². The summed E-state index contributed by atoms with van der Waals surface area (Å²) in [6.07, 6.45) is 1.74. The standard InChI is InChI=1S/C15H18BrN3O2/c1-15(2,3)18-13(20)6-7-19-9-17-12-5-4-10(16)8-11(12)14(19)21/h4-5,8-9H,6-7H2,1-3H3,(H,18,20). The average molecular weight is 352 g/mol. The molecule has 1 amide bonds. The number of hydrogen-bond acceptors (Lipinski definition) is 3. The van der Waals surface area contributed by atoms with Gasteiger partial charge in [0.15, 0.2) is 0 Å². The van der Waals surface area contributed by atoms with Crippen molar-refractivity contribution in [3.05, 3.63) is 39.4 Å². The number of carbonyl (C=O) groups is 1. The van der Waals surface area contributed by atoms with Crippen LogP contribution >= 0.6 is 15.9 Å². The zero-order valence-electron chi connectivity index (χ0n) is 12.3. The average Bonchev–Trinajstić information content (AvgIpc) is 2.36. The van der Waals surface area contributed by atoms with Crippen molar-refractivity contribution in [2.75, 3.05) is 0 Å². The van der Waals surface area contributed by atoms with Crippen LogP contribution in [0.5, 0.6) is 0 Å². The molecule has 1 aromatic carbocycles. The first-order chi connectivity index (χ1) is 9.76. The molecular formula is C15H18BrN3O2. The molecule has 6 heteroatoms. The second-order valence-corrected chi connectivity index (χ2v) is 6.87. The lowest BCUT2D eigenvalue weighted by Gasteiger charge is -2.20. The Morgan fingerprint density at radius 2 is 2.10 bits per heavy atom. The third-order valence-corrected chi connectivity index (χ3v) is 3.37. The van der Waals surface area contributed by atoms with E-state index in [1.165, 1.54) is 10.9 Å². The van der Waals surface area contributed by atoms with Crippen molar-refractivity contribution in [2.24, 2.45) is 0 Å². The van der Waals surface area contributed by atoms with Crippen molar-refractivity contribution in [2.45, 2.75) is 39.3 Å². The number of amides is 1. The number of halogens is 1. The topological polar surface area (TPSA) is 64.0 Å². The minimum absolute atomic E-state index is 0.0799. The smallest absolute Gasteiger partial charge is 0.261 e. The van der Waals surface area contributed by atoms with Crippen LogP contribution in [0.4, 0.5) is 0 Å². The predicted molar refractivity (Wildman–Crippen MR) is 86.2 cm³/mol. The highest BCUT2D eigenvalue weighted by molar-refractivity contribution is 9.10. The highest BCUT2D eigenvalue weighted by atomic mass is 79.9. The molecule has 0 fully saturated rings. The number of nitrogens with one attached hydrogen (secondary N) is 1. The molecule has 0 spiro atoms. The van der Waals surface area contributed by atoms with Crippen molar-refractivity contribution < 1.29 is 4.79 Å². The molecule has 2 aromatic rings. The van der Waals surface area contributed by atoms with Crippen LogP contribution in [0.2, 0.25) is 0 Å². The molecule has 1 N–H and O–H groups in total. The van der Waals surface area contributed by atoms with Crippen LogP contribution in [0.3, 0.4) is 0 Å². The molecule has 0 aliphatic carbocycles. The van der Waals surface area contributed by atoms with Crippen molar-refractivity contribution in [1.82, 2.24) is 14.9 Å². The van der Waals surface area contributed by atoms with Gasteiger partial charge in [0.25, 0.3) is 5.56 Å². The number of nitrogens with zero attached hydrogens (tertiary/aromatic N) is 2. The minimum atomic E-state index is -0.269. The first-order valence-corrected chi connectivity index (χ1v) is 7.51. The van der Waals surface area contributed by atoms with Crippen LogP contribution in [-0.2, 0) is 11.3 Å². The second kappa shape index (κ2) is 5.97. The summed E-state index contributed by atoms with van der Waals surface area (Å²) in [7, 11) is 0. The van der Waals surface area contributed by atoms with Gasteiger partial charge in [-0.1, -0.05) is 15.9 Å². The Bertz CT molecular complexity index is 732. The lowest BCUT2D eigenvalue weighted by Crippen LogP contribution is -2.41. The normalized spacial score (nSPS) is 11.6. The van der Waals surface area contributed by atoms with E-state index in [1.807, 2.05) is 26.8 Å². The zero-order valence-corrected chi connectivity index (χ0v) is 13.9. The Morgan fingerprint density at radius 1 is 1.38 bits per heavy atom. The van der Waals surface area contributed by atoms with Crippen LogP contribution in [0.1, 0.15) is 27.2 Å². The summed E-state index contributed by atoms with van der Waals surface area (Å²) in [6, 6.07) is 5.38. The van der Waals surface area contributed by atoms with E-state index in [1.54, 1.807) is 12.1 Å². The van der Waals surface area contributed by atoms with Crippen molar-refractivity contribution >= 4 is 32.7 Å². The van der Waals surface area contributed by atoms with Crippen LogP contribution in [0.15, 0.2) is 33.8 Å². The van der Waals surface area contributed by atoms with Gasteiger partial charge >= 0.3 is 0 Å². The fraction of sp³-hybridized carbons (Fsp3) is 0.400. The molecule has 0 saturated carbocycles. The molecule has 5 nitrogen and oxygen atoms in total. The first-order valence-electron chi connectivity index (χ1n) is 6.72. The van der Waals surface area contributed by atoms with Crippen LogP contribution < -0.4 is 10.9 Å².